The highest BCUT2D eigenvalue weighted by Gasteiger charge is 2.21. The van der Waals surface area contributed by atoms with E-state index in [4.69, 9.17) is 0 Å². The van der Waals surface area contributed by atoms with E-state index in [0.717, 1.165) is 11.3 Å². The van der Waals surface area contributed by atoms with Gasteiger partial charge in [0, 0.05) is 11.6 Å². The maximum atomic E-state index is 11.3. The first-order valence-electron chi connectivity index (χ1n) is 3.18. The van der Waals surface area contributed by atoms with Crippen LogP contribution in [0.5, 0.6) is 0 Å². The lowest BCUT2D eigenvalue weighted by molar-refractivity contribution is 0.586. The molecule has 0 amide bonds. The van der Waals surface area contributed by atoms with Gasteiger partial charge in [-0.15, -0.1) is 11.3 Å². The molecule has 0 saturated carbocycles. The number of rotatable bonds is 2. The van der Waals surface area contributed by atoms with Crippen molar-refractivity contribution < 1.29 is 8.42 Å². The van der Waals surface area contributed by atoms with E-state index in [1.807, 2.05) is 0 Å². The number of sulfone groups is 1. The van der Waals surface area contributed by atoms with Gasteiger partial charge in [0.05, 0.1) is 5.25 Å². The molecule has 0 fully saturated rings. The van der Waals surface area contributed by atoms with Crippen LogP contribution >= 0.6 is 11.3 Å². The number of hydrogen-bond acceptors (Lipinski definition) is 4. The second kappa shape index (κ2) is 2.91. The van der Waals surface area contributed by atoms with Crippen molar-refractivity contribution in [3.05, 3.63) is 11.6 Å². The molecule has 0 atom stereocenters. The topological polar surface area (TPSA) is 47.0 Å². The number of hydrogen-bond donors (Lipinski definition) is 0. The van der Waals surface area contributed by atoms with E-state index in [1.165, 1.54) is 6.20 Å². The van der Waals surface area contributed by atoms with Gasteiger partial charge in [0.15, 0.2) is 0 Å². The number of thiazole rings is 1. The molecule has 1 heterocycles. The maximum absolute atomic E-state index is 11.3. The summed E-state index contributed by atoms with van der Waals surface area (Å²) in [6.07, 6.45) is 1.50. The lowest BCUT2D eigenvalue weighted by Gasteiger charge is -2.01. The Morgan fingerprint density at radius 1 is 1.55 bits per heavy atom. The van der Waals surface area contributed by atoms with Gasteiger partial charge in [-0.05, 0) is 13.8 Å². The fraction of sp³-hybridized carbons (Fsp3) is 0.500. The molecule has 0 aliphatic heterocycles. The molecule has 0 aliphatic rings. The predicted molar refractivity (Wildman–Crippen MR) is 44.4 cm³/mol. The van der Waals surface area contributed by atoms with Gasteiger partial charge in [0.25, 0.3) is 0 Å². The highest BCUT2D eigenvalue weighted by atomic mass is 32.2. The first-order valence-corrected chi connectivity index (χ1v) is 5.61. The van der Waals surface area contributed by atoms with Crippen LogP contribution in [0.1, 0.15) is 13.8 Å². The molecule has 1 aromatic heterocycles. The number of aromatic nitrogens is 1. The molecule has 0 aliphatic carbocycles. The second-order valence-electron chi connectivity index (χ2n) is 2.39. The molecule has 0 saturated heterocycles. The Hall–Kier alpha value is -0.420. The van der Waals surface area contributed by atoms with Gasteiger partial charge in [-0.25, -0.2) is 13.4 Å². The average Bonchev–Trinajstić information content (AvgIpc) is 2.37. The molecule has 1 rings (SSSR count). The van der Waals surface area contributed by atoms with Crippen molar-refractivity contribution >= 4 is 21.2 Å². The predicted octanol–water partition coefficient (Wildman–Crippen LogP) is 1.33. The summed E-state index contributed by atoms with van der Waals surface area (Å²) in [6.45, 7) is 3.30. The van der Waals surface area contributed by atoms with E-state index in [1.54, 1.807) is 19.2 Å². The highest BCUT2D eigenvalue weighted by molar-refractivity contribution is 7.93. The second-order valence-corrected chi connectivity index (χ2v) is 5.96. The summed E-state index contributed by atoms with van der Waals surface area (Å²) in [4.78, 5) is 3.74. The van der Waals surface area contributed by atoms with Gasteiger partial charge in [-0.2, -0.15) is 0 Å². The molecular weight excluding hydrogens is 182 g/mol. The lowest BCUT2D eigenvalue weighted by Crippen LogP contribution is -2.13. The normalized spacial score (nSPS) is 12.3. The maximum Gasteiger partial charge on any atom is 0.209 e. The van der Waals surface area contributed by atoms with Crippen LogP contribution in [0.2, 0.25) is 0 Å². The van der Waals surface area contributed by atoms with Gasteiger partial charge >= 0.3 is 0 Å². The third-order valence-electron chi connectivity index (χ3n) is 1.27. The molecular formula is C6H9NO2S2. The fourth-order valence-corrected chi connectivity index (χ4v) is 2.80. The molecule has 0 spiro atoms. The van der Waals surface area contributed by atoms with E-state index in [2.05, 4.69) is 4.98 Å². The molecule has 3 nitrogen and oxygen atoms in total. The third kappa shape index (κ3) is 1.59. The first-order chi connectivity index (χ1) is 5.05. The van der Waals surface area contributed by atoms with Gasteiger partial charge < -0.3 is 0 Å². The van der Waals surface area contributed by atoms with Crippen molar-refractivity contribution in [2.45, 2.75) is 23.4 Å². The Morgan fingerprint density at radius 3 is 2.55 bits per heavy atom. The van der Waals surface area contributed by atoms with Crippen molar-refractivity contribution in [1.29, 1.82) is 0 Å². The molecule has 0 radical (unpaired) electrons. The van der Waals surface area contributed by atoms with Crippen LogP contribution in [0.4, 0.5) is 0 Å². The summed E-state index contributed by atoms with van der Waals surface area (Å²) in [6, 6.07) is 0. The van der Waals surface area contributed by atoms with Crippen molar-refractivity contribution in [1.82, 2.24) is 4.98 Å². The fourth-order valence-electron chi connectivity index (χ4n) is 0.553. The molecule has 0 aromatic carbocycles. The van der Waals surface area contributed by atoms with Crippen LogP contribution in [0, 0.1) is 0 Å². The standard InChI is InChI=1S/C6H9NO2S2/c1-5(2)11(8,9)6-7-3-4-10-6/h3-5H,1-2H3. The van der Waals surface area contributed by atoms with Gasteiger partial charge in [-0.3, -0.25) is 0 Å². The molecule has 62 valence electrons. The summed E-state index contributed by atoms with van der Waals surface area (Å²) in [5.74, 6) is 0. The van der Waals surface area contributed by atoms with Gasteiger partial charge in [0.1, 0.15) is 0 Å². The summed E-state index contributed by atoms with van der Waals surface area (Å²) < 4.78 is 22.9. The van der Waals surface area contributed by atoms with Crippen LogP contribution in [0.15, 0.2) is 15.9 Å². The van der Waals surface area contributed by atoms with E-state index in [0.29, 0.717) is 0 Å². The van der Waals surface area contributed by atoms with Crippen LogP contribution in [0.3, 0.4) is 0 Å². The molecule has 1 aromatic rings. The SMILES string of the molecule is CC(C)S(=O)(=O)c1nccs1. The number of nitrogens with zero attached hydrogens (tertiary/aromatic N) is 1. The highest BCUT2D eigenvalue weighted by Crippen LogP contribution is 2.17. The molecule has 11 heavy (non-hydrogen) atoms. The monoisotopic (exact) mass is 191 g/mol. The Balaban J connectivity index is 3.12. The van der Waals surface area contributed by atoms with Crippen LogP contribution < -0.4 is 0 Å². The Kier molecular flexibility index (Phi) is 2.29. The molecule has 0 bridgehead atoms. The Labute approximate surface area is 70.0 Å². The zero-order chi connectivity index (χ0) is 8.48. The molecule has 0 N–H and O–H groups in total. The zero-order valence-corrected chi connectivity index (χ0v) is 7.95. The van der Waals surface area contributed by atoms with E-state index in [-0.39, 0.29) is 9.59 Å². The van der Waals surface area contributed by atoms with E-state index < -0.39 is 9.84 Å². The summed E-state index contributed by atoms with van der Waals surface area (Å²) in [5.41, 5.74) is 0. The average molecular weight is 191 g/mol. The van der Waals surface area contributed by atoms with Crippen LogP contribution in [-0.2, 0) is 9.84 Å². The van der Waals surface area contributed by atoms with Crippen LogP contribution in [0.25, 0.3) is 0 Å². The minimum atomic E-state index is -3.13. The smallest absolute Gasteiger partial charge is 0.209 e. The minimum Gasteiger partial charge on any atom is -0.234 e. The van der Waals surface area contributed by atoms with Gasteiger partial charge in [-0.1, -0.05) is 0 Å². The zero-order valence-electron chi connectivity index (χ0n) is 6.31. The van der Waals surface area contributed by atoms with Crippen molar-refractivity contribution in [3.63, 3.8) is 0 Å². The summed E-state index contributed by atoms with van der Waals surface area (Å²) >= 11 is 1.16. The summed E-state index contributed by atoms with van der Waals surface area (Å²) in [7, 11) is -3.13. The summed E-state index contributed by atoms with van der Waals surface area (Å²) in [5, 5.41) is 1.28. The van der Waals surface area contributed by atoms with Gasteiger partial charge in [0.2, 0.25) is 14.2 Å². The Bertz CT molecular complexity index is 312. The molecule has 0 unspecified atom stereocenters. The third-order valence-corrected chi connectivity index (χ3v) is 4.66. The van der Waals surface area contributed by atoms with Crippen LogP contribution in [-0.4, -0.2) is 18.7 Å². The van der Waals surface area contributed by atoms with Crippen molar-refractivity contribution in [2.75, 3.05) is 0 Å². The van der Waals surface area contributed by atoms with Crippen molar-refractivity contribution in [3.8, 4) is 0 Å². The van der Waals surface area contributed by atoms with Crippen molar-refractivity contribution in [2.24, 2.45) is 0 Å². The molecule has 5 heteroatoms. The largest absolute Gasteiger partial charge is 0.234 e. The quantitative estimate of drug-likeness (QED) is 0.708. The first kappa shape index (κ1) is 8.67. The minimum absolute atomic E-state index is 0.215. The van der Waals surface area contributed by atoms with E-state index in [9.17, 15) is 8.42 Å². The van der Waals surface area contributed by atoms with E-state index >= 15 is 0 Å². The lowest BCUT2D eigenvalue weighted by atomic mass is 10.6. The Morgan fingerprint density at radius 2 is 2.18 bits per heavy atom.